The lowest BCUT2D eigenvalue weighted by Crippen LogP contribution is -2.30. The van der Waals surface area contributed by atoms with Gasteiger partial charge in [0.05, 0.1) is 6.42 Å². The number of hydrogen-bond donors (Lipinski definition) is 1. The van der Waals surface area contributed by atoms with Crippen molar-refractivity contribution in [3.05, 3.63) is 30.1 Å². The maximum Gasteiger partial charge on any atom is 0.304 e. The van der Waals surface area contributed by atoms with Crippen LogP contribution < -0.4 is 0 Å². The van der Waals surface area contributed by atoms with E-state index >= 15 is 0 Å². The van der Waals surface area contributed by atoms with Crippen molar-refractivity contribution in [3.8, 4) is 0 Å². The van der Waals surface area contributed by atoms with E-state index in [9.17, 15) is 4.79 Å². The van der Waals surface area contributed by atoms with Crippen LogP contribution in [0.1, 0.15) is 24.8 Å². The van der Waals surface area contributed by atoms with Crippen molar-refractivity contribution in [3.63, 3.8) is 0 Å². The molecule has 1 aliphatic rings. The number of hydrogen-bond acceptors (Lipinski definition) is 3. The largest absolute Gasteiger partial charge is 0.481 e. The first kappa shape index (κ1) is 11.1. The zero-order valence-corrected chi connectivity index (χ0v) is 9.17. The summed E-state index contributed by atoms with van der Waals surface area (Å²) in [6, 6.07) is 4.14. The van der Waals surface area contributed by atoms with E-state index in [-0.39, 0.29) is 12.5 Å². The average molecular weight is 220 g/mol. The second-order valence-corrected chi connectivity index (χ2v) is 4.23. The molecule has 0 saturated carbocycles. The molecule has 1 unspecified atom stereocenters. The molecule has 2 rings (SSSR count). The number of carboxylic acids is 1. The Kier molecular flexibility index (Phi) is 3.51. The van der Waals surface area contributed by atoms with Crippen molar-refractivity contribution in [2.45, 2.75) is 31.8 Å². The fourth-order valence-electron chi connectivity index (χ4n) is 2.26. The van der Waals surface area contributed by atoms with Gasteiger partial charge in [-0.25, -0.2) is 0 Å². The third-order valence-electron chi connectivity index (χ3n) is 3.02. The van der Waals surface area contributed by atoms with Crippen LogP contribution in [-0.2, 0) is 11.3 Å². The lowest BCUT2D eigenvalue weighted by molar-refractivity contribution is -0.138. The summed E-state index contributed by atoms with van der Waals surface area (Å²) >= 11 is 0. The summed E-state index contributed by atoms with van der Waals surface area (Å²) in [6.07, 6.45) is 5.93. The van der Waals surface area contributed by atoms with Gasteiger partial charge in [-0.05, 0) is 31.0 Å². The number of pyridine rings is 1. The predicted octanol–water partition coefficient (Wildman–Crippen LogP) is 1.52. The molecule has 0 aliphatic carbocycles. The summed E-state index contributed by atoms with van der Waals surface area (Å²) in [5, 5.41) is 8.82. The van der Waals surface area contributed by atoms with E-state index in [1.807, 2.05) is 18.3 Å². The van der Waals surface area contributed by atoms with E-state index in [0.29, 0.717) is 0 Å². The Hall–Kier alpha value is -1.42. The highest BCUT2D eigenvalue weighted by atomic mass is 16.4. The van der Waals surface area contributed by atoms with Crippen molar-refractivity contribution in [1.29, 1.82) is 0 Å². The highest BCUT2D eigenvalue weighted by Crippen LogP contribution is 2.22. The molecule has 0 amide bonds. The maximum atomic E-state index is 10.7. The molecule has 0 bridgehead atoms. The second kappa shape index (κ2) is 5.07. The molecule has 2 heterocycles. The minimum Gasteiger partial charge on any atom is -0.481 e. The first-order chi connectivity index (χ1) is 7.75. The Balaban J connectivity index is 1.96. The molecule has 1 aromatic heterocycles. The van der Waals surface area contributed by atoms with Gasteiger partial charge in [0.1, 0.15) is 0 Å². The summed E-state index contributed by atoms with van der Waals surface area (Å²) < 4.78 is 0. The molecular formula is C12H16N2O2. The molecule has 4 heteroatoms. The van der Waals surface area contributed by atoms with Gasteiger partial charge in [0, 0.05) is 25.0 Å². The topological polar surface area (TPSA) is 53.4 Å². The van der Waals surface area contributed by atoms with Crippen LogP contribution in [0, 0.1) is 0 Å². The SMILES string of the molecule is O=C(O)CC1CCCN1Cc1cccnc1. The molecule has 16 heavy (non-hydrogen) atoms. The molecule has 1 saturated heterocycles. The van der Waals surface area contributed by atoms with Gasteiger partial charge < -0.3 is 5.11 Å². The van der Waals surface area contributed by atoms with Crippen molar-refractivity contribution in [1.82, 2.24) is 9.88 Å². The summed E-state index contributed by atoms with van der Waals surface area (Å²) in [5.41, 5.74) is 1.15. The van der Waals surface area contributed by atoms with E-state index in [4.69, 9.17) is 5.11 Å². The molecule has 0 radical (unpaired) electrons. The number of aliphatic carboxylic acids is 1. The van der Waals surface area contributed by atoms with Gasteiger partial charge in [-0.3, -0.25) is 14.7 Å². The smallest absolute Gasteiger partial charge is 0.304 e. The number of nitrogens with zero attached hydrogens (tertiary/aromatic N) is 2. The van der Waals surface area contributed by atoms with Crippen LogP contribution >= 0.6 is 0 Å². The fraction of sp³-hybridized carbons (Fsp3) is 0.500. The molecule has 0 aromatic carbocycles. The molecule has 1 aromatic rings. The van der Waals surface area contributed by atoms with Crippen LogP contribution in [0.15, 0.2) is 24.5 Å². The van der Waals surface area contributed by atoms with Gasteiger partial charge >= 0.3 is 5.97 Å². The van der Waals surface area contributed by atoms with Gasteiger partial charge in [-0.1, -0.05) is 6.07 Å². The standard InChI is InChI=1S/C12H16N2O2/c15-12(16)7-11-4-2-6-14(11)9-10-3-1-5-13-8-10/h1,3,5,8,11H,2,4,6-7,9H2,(H,15,16). The Morgan fingerprint density at radius 2 is 2.50 bits per heavy atom. The summed E-state index contributed by atoms with van der Waals surface area (Å²) in [6.45, 7) is 1.80. The normalized spacial score (nSPS) is 21.1. The van der Waals surface area contributed by atoms with Gasteiger partial charge in [-0.2, -0.15) is 0 Å². The second-order valence-electron chi connectivity index (χ2n) is 4.23. The molecule has 0 spiro atoms. The molecule has 86 valence electrons. The van der Waals surface area contributed by atoms with Gasteiger partial charge in [0.25, 0.3) is 0 Å². The first-order valence-electron chi connectivity index (χ1n) is 5.60. The lowest BCUT2D eigenvalue weighted by atomic mass is 10.1. The van der Waals surface area contributed by atoms with Crippen molar-refractivity contribution < 1.29 is 9.90 Å². The minimum absolute atomic E-state index is 0.192. The van der Waals surface area contributed by atoms with Crippen LogP contribution in [0.4, 0.5) is 0 Å². The lowest BCUT2D eigenvalue weighted by Gasteiger charge is -2.22. The zero-order valence-electron chi connectivity index (χ0n) is 9.17. The van der Waals surface area contributed by atoms with Crippen molar-refractivity contribution in [2.24, 2.45) is 0 Å². The quantitative estimate of drug-likeness (QED) is 0.835. The van der Waals surface area contributed by atoms with Gasteiger partial charge in [0.15, 0.2) is 0 Å². The molecule has 1 fully saturated rings. The number of carbonyl (C=O) groups is 1. The number of rotatable bonds is 4. The van der Waals surface area contributed by atoms with E-state index in [1.54, 1.807) is 6.20 Å². The van der Waals surface area contributed by atoms with Crippen molar-refractivity contribution >= 4 is 5.97 Å². The van der Waals surface area contributed by atoms with Crippen LogP contribution in [0.3, 0.4) is 0 Å². The van der Waals surface area contributed by atoms with Crippen molar-refractivity contribution in [2.75, 3.05) is 6.54 Å². The van der Waals surface area contributed by atoms with Crippen LogP contribution in [0.5, 0.6) is 0 Å². The van der Waals surface area contributed by atoms with E-state index in [2.05, 4.69) is 9.88 Å². The monoisotopic (exact) mass is 220 g/mol. The molecule has 1 atom stereocenters. The van der Waals surface area contributed by atoms with Crippen LogP contribution in [0.25, 0.3) is 0 Å². The summed E-state index contributed by atoms with van der Waals surface area (Å²) in [4.78, 5) is 17.0. The molecule has 4 nitrogen and oxygen atoms in total. The Bertz CT molecular complexity index is 353. The number of carboxylic acid groups (broad SMARTS) is 1. The van der Waals surface area contributed by atoms with E-state index in [0.717, 1.165) is 31.5 Å². The fourth-order valence-corrected chi connectivity index (χ4v) is 2.26. The Labute approximate surface area is 94.9 Å². The third-order valence-corrected chi connectivity index (χ3v) is 3.02. The van der Waals surface area contributed by atoms with Crippen LogP contribution in [-0.4, -0.2) is 33.5 Å². The Morgan fingerprint density at radius 3 is 3.19 bits per heavy atom. The van der Waals surface area contributed by atoms with E-state index < -0.39 is 5.97 Å². The third kappa shape index (κ3) is 2.79. The van der Waals surface area contributed by atoms with E-state index in [1.165, 1.54) is 0 Å². The van der Waals surface area contributed by atoms with Gasteiger partial charge in [-0.15, -0.1) is 0 Å². The molecule has 1 N–H and O–H groups in total. The maximum absolute atomic E-state index is 10.7. The van der Waals surface area contributed by atoms with Crippen LogP contribution in [0.2, 0.25) is 0 Å². The number of likely N-dealkylation sites (tertiary alicyclic amines) is 1. The molecular weight excluding hydrogens is 204 g/mol. The zero-order chi connectivity index (χ0) is 11.4. The first-order valence-corrected chi connectivity index (χ1v) is 5.60. The van der Waals surface area contributed by atoms with Gasteiger partial charge in [0.2, 0.25) is 0 Å². The minimum atomic E-state index is -0.705. The number of aromatic nitrogens is 1. The summed E-state index contributed by atoms with van der Waals surface area (Å²) in [5.74, 6) is -0.705. The summed E-state index contributed by atoms with van der Waals surface area (Å²) in [7, 11) is 0. The highest BCUT2D eigenvalue weighted by molar-refractivity contribution is 5.67. The highest BCUT2D eigenvalue weighted by Gasteiger charge is 2.26. The Morgan fingerprint density at radius 1 is 1.62 bits per heavy atom. The predicted molar refractivity (Wildman–Crippen MR) is 59.9 cm³/mol. The molecule has 1 aliphatic heterocycles. The average Bonchev–Trinajstić information content (AvgIpc) is 2.66.